The Morgan fingerprint density at radius 1 is 0.958 bits per heavy atom. The molecule has 0 aliphatic carbocycles. The zero-order valence-electron chi connectivity index (χ0n) is 25.3. The third kappa shape index (κ3) is 6.60. The number of nitrogens with zero attached hydrogens (tertiary/aromatic N) is 7. The minimum atomic E-state index is -5.06. The summed E-state index contributed by atoms with van der Waals surface area (Å²) in [7, 11) is -6.17. The second-order valence-corrected chi connectivity index (χ2v) is 14.1. The van der Waals surface area contributed by atoms with Gasteiger partial charge >= 0.3 is 15.4 Å². The van der Waals surface area contributed by atoms with Gasteiger partial charge in [0.25, 0.3) is 5.56 Å². The summed E-state index contributed by atoms with van der Waals surface area (Å²) in [6.45, 7) is -0.377. The molecule has 0 aromatic carbocycles. The zero-order valence-corrected chi connectivity index (χ0v) is 27.1. The van der Waals surface area contributed by atoms with Crippen LogP contribution in [0.25, 0.3) is 22.3 Å². The van der Waals surface area contributed by atoms with Crippen LogP contribution in [0.5, 0.6) is 0 Å². The van der Waals surface area contributed by atoms with Gasteiger partial charge in [-0.2, -0.15) is 4.98 Å². The first-order valence-electron chi connectivity index (χ1n) is 14.1. The average molecular weight is 719 g/mol. The van der Waals surface area contributed by atoms with Crippen molar-refractivity contribution in [1.29, 1.82) is 0 Å². The molecule has 2 fully saturated rings. The topological polar surface area (TPSA) is 316 Å². The number of hydrogen-bond acceptors (Lipinski definition) is 18. The summed E-state index contributed by atoms with van der Waals surface area (Å²) in [5.41, 5.74) is 5.52. The lowest BCUT2D eigenvalue weighted by Crippen LogP contribution is -2.37. The number of phosphoric ester groups is 1. The number of H-pyrrole nitrogens is 1. The van der Waals surface area contributed by atoms with Gasteiger partial charge in [-0.05, 0) is 0 Å². The van der Waals surface area contributed by atoms with Crippen molar-refractivity contribution in [2.24, 2.45) is 0 Å². The van der Waals surface area contributed by atoms with Gasteiger partial charge < -0.3 is 49.8 Å². The Bertz CT molecular complexity index is 1950. The van der Waals surface area contributed by atoms with E-state index in [9.17, 15) is 33.9 Å². The smallest absolute Gasteiger partial charge is 0.387 e. The van der Waals surface area contributed by atoms with Crippen LogP contribution in [0, 0.1) is 0 Å². The maximum atomic E-state index is 13.3. The third-order valence-corrected chi connectivity index (χ3v) is 9.24. The summed E-state index contributed by atoms with van der Waals surface area (Å²) < 4.78 is 61.0. The van der Waals surface area contributed by atoms with Crippen LogP contribution in [0.2, 0.25) is 0 Å². The van der Waals surface area contributed by atoms with E-state index < -0.39 is 83.3 Å². The van der Waals surface area contributed by atoms with E-state index in [0.29, 0.717) is 17.0 Å². The quantitative estimate of drug-likeness (QED) is 0.0815. The predicted octanol–water partition coefficient (Wildman–Crippen LogP) is -1.55. The highest BCUT2D eigenvalue weighted by atomic mass is 31.2. The summed E-state index contributed by atoms with van der Waals surface area (Å²) in [4.78, 5) is 55.6. The maximum absolute atomic E-state index is 13.3. The molecular formula is C23H32N10O13P2. The largest absolute Gasteiger partial charge is 0.472 e. The van der Waals surface area contributed by atoms with Crippen molar-refractivity contribution in [2.75, 3.05) is 45.1 Å². The molecule has 8 N–H and O–H groups in total. The summed E-state index contributed by atoms with van der Waals surface area (Å²) >= 11 is 0. The minimum absolute atomic E-state index is 0.0429. The second kappa shape index (κ2) is 13.1. The molecule has 6 heterocycles. The number of nitrogens with one attached hydrogen (secondary N) is 2. The average Bonchev–Trinajstić information content (AvgIpc) is 3.79. The van der Waals surface area contributed by atoms with Crippen molar-refractivity contribution in [3.8, 4) is 0 Å². The molecule has 2 saturated heterocycles. The van der Waals surface area contributed by atoms with Crippen LogP contribution in [0.15, 0.2) is 23.8 Å². The van der Waals surface area contributed by atoms with Crippen LogP contribution in [0.1, 0.15) is 12.5 Å². The minimum Gasteiger partial charge on any atom is -0.387 e. The number of nitrogens with two attached hydrogens (primary N) is 1. The van der Waals surface area contributed by atoms with Crippen molar-refractivity contribution < 1.29 is 56.9 Å². The number of imidazole rings is 2. The first-order chi connectivity index (χ1) is 22.7. The van der Waals surface area contributed by atoms with Crippen molar-refractivity contribution in [2.45, 2.75) is 49.1 Å². The number of nitrogen functional groups attached to an aromatic ring is 1. The Labute approximate surface area is 269 Å². The number of fused-ring (bicyclic) bond motifs is 2. The molecule has 262 valence electrons. The van der Waals surface area contributed by atoms with Crippen LogP contribution >= 0.6 is 15.4 Å². The Morgan fingerprint density at radius 3 is 2.31 bits per heavy atom. The van der Waals surface area contributed by atoms with Gasteiger partial charge in [-0.3, -0.25) is 32.5 Å². The molecule has 23 nitrogen and oxygen atoms in total. The highest BCUT2D eigenvalue weighted by Gasteiger charge is 2.52. The molecule has 10 atom stereocenters. The lowest BCUT2D eigenvalue weighted by Gasteiger charge is -2.26. The molecule has 4 unspecified atom stereocenters. The molecule has 0 amide bonds. The number of aromatic nitrogens is 8. The van der Waals surface area contributed by atoms with Crippen LogP contribution in [0.3, 0.4) is 0 Å². The number of ether oxygens (including phenoxy) is 3. The molecular weight excluding hydrogens is 686 g/mol. The van der Waals surface area contributed by atoms with E-state index in [2.05, 4.69) is 35.2 Å². The van der Waals surface area contributed by atoms with Crippen molar-refractivity contribution >= 4 is 49.5 Å². The lowest BCUT2D eigenvalue weighted by molar-refractivity contribution is -0.0580. The van der Waals surface area contributed by atoms with Crippen LogP contribution in [-0.4, -0.2) is 130 Å². The number of phosphoric acid groups is 1. The summed E-state index contributed by atoms with van der Waals surface area (Å²) in [6.07, 6.45) is -7.09. The van der Waals surface area contributed by atoms with E-state index in [1.165, 1.54) is 28.9 Å². The molecule has 6 rings (SSSR count). The summed E-state index contributed by atoms with van der Waals surface area (Å²) in [5.74, 6) is 0.188. The molecule has 2 aliphatic rings. The summed E-state index contributed by atoms with van der Waals surface area (Å²) in [6, 6.07) is 0. The third-order valence-electron chi connectivity index (χ3n) is 7.62. The molecule has 25 heteroatoms. The number of methoxy groups -OCH3 is 1. The molecule has 48 heavy (non-hydrogen) atoms. The van der Waals surface area contributed by atoms with Gasteiger partial charge in [-0.1, -0.05) is 0 Å². The number of aliphatic hydroxyl groups excluding tert-OH is 2. The van der Waals surface area contributed by atoms with Crippen LogP contribution in [-0.2, 0) is 36.9 Å². The van der Waals surface area contributed by atoms with Gasteiger partial charge in [0.05, 0.1) is 25.9 Å². The van der Waals surface area contributed by atoms with E-state index in [0.717, 1.165) is 13.0 Å². The maximum Gasteiger partial charge on any atom is 0.472 e. The molecule has 0 bridgehead atoms. The molecule has 4 aromatic heterocycles. The number of anilines is 2. The summed E-state index contributed by atoms with van der Waals surface area (Å²) in [5, 5.41) is 24.3. The molecule has 2 aliphatic heterocycles. The predicted molar refractivity (Wildman–Crippen MR) is 160 cm³/mol. The number of aromatic amines is 1. The van der Waals surface area contributed by atoms with E-state index in [1.807, 2.05) is 0 Å². The molecule has 0 spiro atoms. The normalized spacial score (nSPS) is 30.1. The van der Waals surface area contributed by atoms with Crippen LogP contribution < -0.4 is 16.6 Å². The highest BCUT2D eigenvalue weighted by Crippen LogP contribution is 2.50. The monoisotopic (exact) mass is 718 g/mol. The lowest BCUT2D eigenvalue weighted by atomic mass is 10.1. The molecule has 0 radical (unpaired) electrons. The number of rotatable bonds is 12. The highest BCUT2D eigenvalue weighted by molar-refractivity contribution is 7.51. The molecule has 0 saturated carbocycles. The van der Waals surface area contributed by atoms with E-state index >= 15 is 0 Å². The first-order valence-corrected chi connectivity index (χ1v) is 17.6. The van der Waals surface area contributed by atoms with Crippen molar-refractivity contribution in [1.82, 2.24) is 39.0 Å². The van der Waals surface area contributed by atoms with Gasteiger partial charge in [-0.25, -0.2) is 24.5 Å². The Kier molecular flexibility index (Phi) is 9.41. The Morgan fingerprint density at radius 2 is 1.62 bits per heavy atom. The Balaban J connectivity index is 1.20. The SMILES string of the molecule is CNc1ncnc2c1ncn2[C@@H]1O[C@H](COP(C)(=O)O)C(OP(=O)(O)OC[C@H]2O[C@@H](n3cnc4c(=O)[nH]c(N)nc43)[C@@H](O)C2O)[C@@H]1OC. The van der Waals surface area contributed by atoms with Gasteiger partial charge in [0.15, 0.2) is 35.1 Å². The fourth-order valence-electron chi connectivity index (χ4n) is 5.45. The zero-order chi connectivity index (χ0) is 34.5. The van der Waals surface area contributed by atoms with Crippen molar-refractivity contribution in [3.63, 3.8) is 0 Å². The van der Waals surface area contributed by atoms with Crippen molar-refractivity contribution in [3.05, 3.63) is 29.3 Å². The Hall–Kier alpha value is -3.44. The number of hydrogen-bond donors (Lipinski definition) is 7. The fourth-order valence-corrected chi connectivity index (χ4v) is 6.84. The van der Waals surface area contributed by atoms with E-state index in [4.69, 9.17) is 33.5 Å². The fraction of sp³-hybridized carbons (Fsp3) is 0.565. The van der Waals surface area contributed by atoms with E-state index in [-0.39, 0.29) is 17.1 Å². The van der Waals surface area contributed by atoms with Gasteiger partial charge in [0, 0.05) is 20.8 Å². The van der Waals surface area contributed by atoms with Gasteiger partial charge in [0.2, 0.25) is 5.95 Å². The first kappa shape index (κ1) is 34.4. The standard InChI is InChI=1S/C23H32N10O13P2/c1-25-17-11-18(27-6-26-17)32(7-28-11)22-16(41-2)15(10(45-22)5-42-47(3,37)38)46-48(39,40)43-4-9-13(34)14(35)21(44-9)33-8-29-12-19(33)30-23(24)31-20(12)36/h6-10,13-16,21-22,34-35H,4-5H2,1-3H3,(H,37,38)(H,39,40)(H,25,26,27)(H3,24,30,31,36)/t9-,10-,13?,14+,15?,16+,21-,22-/m1/s1. The second-order valence-electron chi connectivity index (χ2n) is 10.8. The van der Waals surface area contributed by atoms with E-state index in [1.54, 1.807) is 7.05 Å². The number of aliphatic hydroxyl groups is 2. The molecule has 4 aromatic rings. The van der Waals surface area contributed by atoms with Gasteiger partial charge in [-0.15, -0.1) is 0 Å². The van der Waals surface area contributed by atoms with Crippen LogP contribution in [0.4, 0.5) is 11.8 Å². The van der Waals surface area contributed by atoms with Gasteiger partial charge in [0.1, 0.15) is 48.5 Å².